The monoisotopic (exact) mass is 395 g/mol. The lowest BCUT2D eigenvalue weighted by Crippen LogP contribution is -2.04. The zero-order chi connectivity index (χ0) is 18.2. The van der Waals surface area contributed by atoms with Crippen LogP contribution in [0.4, 0.5) is 0 Å². The summed E-state index contributed by atoms with van der Waals surface area (Å²) in [6.45, 7) is 0.774. The molecule has 1 aliphatic rings. The van der Waals surface area contributed by atoms with E-state index in [-0.39, 0.29) is 0 Å². The highest BCUT2D eigenvalue weighted by Gasteiger charge is 2.27. The highest BCUT2D eigenvalue weighted by atomic mass is 35.5. The van der Waals surface area contributed by atoms with Gasteiger partial charge in [0.25, 0.3) is 0 Å². The molecule has 0 amide bonds. The zero-order valence-corrected chi connectivity index (χ0v) is 16.2. The highest BCUT2D eigenvalue weighted by molar-refractivity contribution is 7.98. The van der Waals surface area contributed by atoms with Crippen LogP contribution < -0.4 is 0 Å². The van der Waals surface area contributed by atoms with E-state index in [4.69, 9.17) is 16.6 Å². The molecule has 2 aromatic heterocycles. The summed E-state index contributed by atoms with van der Waals surface area (Å²) in [6, 6.07) is 16.3. The highest BCUT2D eigenvalue weighted by Crippen LogP contribution is 2.38. The van der Waals surface area contributed by atoms with Crippen molar-refractivity contribution in [1.29, 1.82) is 0 Å². The van der Waals surface area contributed by atoms with Gasteiger partial charge in [0, 0.05) is 17.5 Å². The molecule has 5 rings (SSSR count). The number of halogens is 1. The van der Waals surface area contributed by atoms with Crippen LogP contribution >= 0.6 is 23.4 Å². The molecule has 0 radical (unpaired) electrons. The summed E-state index contributed by atoms with van der Waals surface area (Å²) >= 11 is 7.79. The predicted molar refractivity (Wildman–Crippen MR) is 108 cm³/mol. The Balaban J connectivity index is 1.44. The molecule has 4 aromatic rings. The van der Waals surface area contributed by atoms with E-state index in [1.54, 1.807) is 11.8 Å². The number of imidazole rings is 1. The van der Waals surface area contributed by atoms with Crippen LogP contribution in [0, 0.1) is 0 Å². The Morgan fingerprint density at radius 2 is 1.96 bits per heavy atom. The SMILES string of the molecule is Clc1ccc2c(c1)nc(CSc1n[nH]c(C3CC3)n1)n2Cc1ccccc1. The predicted octanol–water partition coefficient (Wildman–Crippen LogP) is 5.03. The standard InChI is InChI=1S/C20H18ClN5S/c21-15-8-9-17-16(10-15)22-18(26(17)11-13-4-2-1-3-5-13)12-27-20-23-19(24-25-20)14-6-7-14/h1-5,8-10,14H,6-7,11-12H2,(H,23,24,25). The molecule has 0 spiro atoms. The van der Waals surface area contributed by atoms with E-state index in [0.717, 1.165) is 34.4 Å². The molecular weight excluding hydrogens is 378 g/mol. The van der Waals surface area contributed by atoms with Gasteiger partial charge in [-0.2, -0.15) is 0 Å². The van der Waals surface area contributed by atoms with Gasteiger partial charge >= 0.3 is 0 Å². The molecular formula is C20H18ClN5S. The Labute approximate surface area is 166 Å². The van der Waals surface area contributed by atoms with Crippen LogP contribution in [0.25, 0.3) is 11.0 Å². The van der Waals surface area contributed by atoms with Gasteiger partial charge in [-0.1, -0.05) is 53.7 Å². The number of nitrogens with zero attached hydrogens (tertiary/aromatic N) is 4. The van der Waals surface area contributed by atoms with Crippen LogP contribution in [0.5, 0.6) is 0 Å². The van der Waals surface area contributed by atoms with Gasteiger partial charge in [-0.15, -0.1) is 5.10 Å². The molecule has 1 saturated carbocycles. The fourth-order valence-corrected chi connectivity index (χ4v) is 4.11. The summed E-state index contributed by atoms with van der Waals surface area (Å²) in [5.74, 6) is 3.30. The van der Waals surface area contributed by atoms with E-state index in [1.165, 1.54) is 18.4 Å². The quantitative estimate of drug-likeness (QED) is 0.465. The van der Waals surface area contributed by atoms with E-state index in [1.807, 2.05) is 24.3 Å². The smallest absolute Gasteiger partial charge is 0.208 e. The molecule has 0 bridgehead atoms. The van der Waals surface area contributed by atoms with Gasteiger partial charge in [0.2, 0.25) is 5.16 Å². The van der Waals surface area contributed by atoms with Gasteiger partial charge in [0.1, 0.15) is 11.6 Å². The second-order valence-electron chi connectivity index (χ2n) is 6.80. The number of hydrogen-bond donors (Lipinski definition) is 1. The molecule has 0 unspecified atom stereocenters. The number of fused-ring (bicyclic) bond motifs is 1. The van der Waals surface area contributed by atoms with Gasteiger partial charge in [-0.25, -0.2) is 9.97 Å². The van der Waals surface area contributed by atoms with E-state index in [2.05, 4.69) is 44.0 Å². The van der Waals surface area contributed by atoms with Crippen molar-refractivity contribution >= 4 is 34.4 Å². The average molecular weight is 396 g/mol. The Kier molecular flexibility index (Phi) is 4.38. The third-order valence-electron chi connectivity index (χ3n) is 4.75. The Hall–Kier alpha value is -2.31. The van der Waals surface area contributed by atoms with Gasteiger partial charge in [0.05, 0.1) is 16.8 Å². The van der Waals surface area contributed by atoms with Crippen molar-refractivity contribution in [2.75, 3.05) is 0 Å². The normalized spacial score (nSPS) is 14.1. The first-order chi connectivity index (χ1) is 13.3. The number of benzene rings is 2. The number of H-pyrrole nitrogens is 1. The first-order valence-corrected chi connectivity index (χ1v) is 10.4. The minimum Gasteiger partial charge on any atom is -0.323 e. The van der Waals surface area contributed by atoms with Gasteiger partial charge in [-0.05, 0) is 36.6 Å². The number of aromatic nitrogens is 5. The van der Waals surface area contributed by atoms with E-state index in [9.17, 15) is 0 Å². The van der Waals surface area contributed by atoms with Gasteiger partial charge in [0.15, 0.2) is 0 Å². The molecule has 1 fully saturated rings. The molecule has 0 atom stereocenters. The molecule has 2 aromatic carbocycles. The second-order valence-corrected chi connectivity index (χ2v) is 8.18. The van der Waals surface area contributed by atoms with Crippen molar-refractivity contribution in [3.8, 4) is 0 Å². The lowest BCUT2D eigenvalue weighted by atomic mass is 10.2. The van der Waals surface area contributed by atoms with E-state index < -0.39 is 0 Å². The first-order valence-electron chi connectivity index (χ1n) is 9.00. The van der Waals surface area contributed by atoms with Crippen molar-refractivity contribution in [3.63, 3.8) is 0 Å². The molecule has 2 heterocycles. The van der Waals surface area contributed by atoms with Crippen LogP contribution in [0.1, 0.15) is 36.0 Å². The minimum absolute atomic E-state index is 0.580. The van der Waals surface area contributed by atoms with Crippen molar-refractivity contribution < 1.29 is 0 Å². The van der Waals surface area contributed by atoms with Crippen molar-refractivity contribution in [2.45, 2.75) is 36.2 Å². The fourth-order valence-electron chi connectivity index (χ4n) is 3.20. The summed E-state index contributed by atoms with van der Waals surface area (Å²) < 4.78 is 2.25. The third-order valence-corrected chi connectivity index (χ3v) is 5.83. The summed E-state index contributed by atoms with van der Waals surface area (Å²) in [5, 5.41) is 8.90. The second kappa shape index (κ2) is 7.02. The number of aromatic amines is 1. The van der Waals surface area contributed by atoms with Crippen LogP contribution in [-0.2, 0) is 12.3 Å². The van der Waals surface area contributed by atoms with Gasteiger partial charge < -0.3 is 4.57 Å². The maximum atomic E-state index is 6.17. The summed E-state index contributed by atoms with van der Waals surface area (Å²) in [6.07, 6.45) is 2.43. The topological polar surface area (TPSA) is 59.4 Å². The third kappa shape index (κ3) is 3.59. The molecule has 0 aliphatic heterocycles. The lowest BCUT2D eigenvalue weighted by Gasteiger charge is -2.09. The molecule has 27 heavy (non-hydrogen) atoms. The maximum absolute atomic E-state index is 6.17. The lowest BCUT2D eigenvalue weighted by molar-refractivity contribution is 0.779. The molecule has 1 N–H and O–H groups in total. The molecule has 5 nitrogen and oxygen atoms in total. The van der Waals surface area contributed by atoms with Crippen LogP contribution in [0.2, 0.25) is 5.02 Å². The largest absolute Gasteiger partial charge is 0.323 e. The number of nitrogens with one attached hydrogen (secondary N) is 1. The Morgan fingerprint density at radius 1 is 1.11 bits per heavy atom. The van der Waals surface area contributed by atoms with E-state index in [0.29, 0.717) is 16.7 Å². The average Bonchev–Trinajstić information content (AvgIpc) is 3.33. The summed E-state index contributed by atoms with van der Waals surface area (Å²) in [5.41, 5.74) is 3.25. The number of hydrogen-bond acceptors (Lipinski definition) is 4. The fraction of sp³-hybridized carbons (Fsp3) is 0.250. The molecule has 1 aliphatic carbocycles. The van der Waals surface area contributed by atoms with Crippen LogP contribution in [0.15, 0.2) is 53.7 Å². The minimum atomic E-state index is 0.580. The van der Waals surface area contributed by atoms with E-state index >= 15 is 0 Å². The zero-order valence-electron chi connectivity index (χ0n) is 14.6. The number of thioether (sulfide) groups is 1. The van der Waals surface area contributed by atoms with Crippen LogP contribution in [-0.4, -0.2) is 24.7 Å². The van der Waals surface area contributed by atoms with Crippen molar-refractivity contribution in [1.82, 2.24) is 24.7 Å². The van der Waals surface area contributed by atoms with Crippen LogP contribution in [0.3, 0.4) is 0 Å². The number of rotatable bonds is 6. The maximum Gasteiger partial charge on any atom is 0.208 e. The van der Waals surface area contributed by atoms with Crippen molar-refractivity contribution in [3.05, 3.63) is 70.8 Å². The van der Waals surface area contributed by atoms with Crippen molar-refractivity contribution in [2.24, 2.45) is 0 Å². The molecule has 0 saturated heterocycles. The summed E-state index contributed by atoms with van der Waals surface area (Å²) in [4.78, 5) is 9.44. The Bertz CT molecular complexity index is 1080. The first kappa shape index (κ1) is 16.8. The molecule has 136 valence electrons. The van der Waals surface area contributed by atoms with Gasteiger partial charge in [-0.3, -0.25) is 5.10 Å². The Morgan fingerprint density at radius 3 is 2.78 bits per heavy atom. The summed E-state index contributed by atoms with van der Waals surface area (Å²) in [7, 11) is 0. The molecule has 7 heteroatoms.